The highest BCUT2D eigenvalue weighted by atomic mass is 32.2. The van der Waals surface area contributed by atoms with Crippen LogP contribution in [0, 0.1) is 5.92 Å². The first-order chi connectivity index (χ1) is 14.8. The molecule has 0 aliphatic carbocycles. The lowest BCUT2D eigenvalue weighted by molar-refractivity contribution is 0.129. The van der Waals surface area contributed by atoms with Crippen molar-refractivity contribution in [3.05, 3.63) is 47.4 Å². The third kappa shape index (κ3) is 4.29. The van der Waals surface area contributed by atoms with Gasteiger partial charge in [0.05, 0.1) is 17.9 Å². The molecule has 3 heterocycles. The monoisotopic (exact) mass is 444 g/mol. The average molecular weight is 445 g/mol. The fourth-order valence-corrected chi connectivity index (χ4v) is 5.73. The van der Waals surface area contributed by atoms with Crippen molar-refractivity contribution in [2.75, 3.05) is 26.5 Å². The molecule has 1 aliphatic rings. The number of nitrogens with one attached hydrogen (secondary N) is 1. The summed E-state index contributed by atoms with van der Waals surface area (Å²) >= 11 is 0. The summed E-state index contributed by atoms with van der Waals surface area (Å²) in [6, 6.07) is 8.73. The number of hydrogen-bond donors (Lipinski definition) is 1. The second kappa shape index (κ2) is 8.76. The van der Waals surface area contributed by atoms with Gasteiger partial charge in [-0.05, 0) is 30.4 Å². The van der Waals surface area contributed by atoms with Crippen LogP contribution < -0.4 is 0 Å². The zero-order valence-electron chi connectivity index (χ0n) is 18.8. The minimum atomic E-state index is -3.40. The van der Waals surface area contributed by atoms with Gasteiger partial charge in [-0.15, -0.1) is 0 Å². The van der Waals surface area contributed by atoms with Crippen molar-refractivity contribution in [2.24, 2.45) is 5.92 Å². The minimum absolute atomic E-state index is 0.142. The molecule has 7 nitrogen and oxygen atoms in total. The van der Waals surface area contributed by atoms with Crippen LogP contribution in [0.3, 0.4) is 0 Å². The second-order valence-corrected chi connectivity index (χ2v) is 10.7. The van der Waals surface area contributed by atoms with E-state index in [0.29, 0.717) is 25.6 Å². The number of imidazole rings is 1. The lowest BCUT2D eigenvalue weighted by Crippen LogP contribution is -2.38. The summed E-state index contributed by atoms with van der Waals surface area (Å²) in [6.45, 7) is 7.23. The number of H-pyrrole nitrogens is 1. The van der Waals surface area contributed by atoms with Gasteiger partial charge < -0.3 is 14.3 Å². The van der Waals surface area contributed by atoms with E-state index < -0.39 is 9.84 Å². The van der Waals surface area contributed by atoms with Crippen molar-refractivity contribution in [3.8, 4) is 0 Å². The van der Waals surface area contributed by atoms with E-state index in [9.17, 15) is 8.42 Å². The van der Waals surface area contributed by atoms with Crippen molar-refractivity contribution in [2.45, 2.75) is 51.0 Å². The lowest BCUT2D eigenvalue weighted by atomic mass is 9.90. The number of nitrogens with zero attached hydrogens (tertiary/aromatic N) is 3. The van der Waals surface area contributed by atoms with Crippen LogP contribution in [-0.2, 0) is 34.1 Å². The molecule has 0 amide bonds. The fraction of sp³-hybridized carbons (Fsp3) is 0.522. The standard InChI is InChI=1S/C23H32N4O3S/c1-16(2)22-21-19(18-8-5-6-9-20(18)25-21)10-12-26(22)15-17-14-24-23(31(4,28)29)27(17)11-7-13-30-3/h5-6,8-9,14,16,22,25H,7,10-13,15H2,1-4H3/t22-/m1/s1. The van der Waals surface area contributed by atoms with Crippen LogP contribution in [0.15, 0.2) is 35.6 Å². The summed E-state index contributed by atoms with van der Waals surface area (Å²) < 4.78 is 31.6. The largest absolute Gasteiger partial charge is 0.385 e. The van der Waals surface area contributed by atoms with Gasteiger partial charge in [0, 0.05) is 56.2 Å². The molecule has 1 aromatic carbocycles. The molecule has 4 rings (SSSR count). The molecule has 168 valence electrons. The number of aromatic amines is 1. The first-order valence-electron chi connectivity index (χ1n) is 10.9. The maximum Gasteiger partial charge on any atom is 0.227 e. The molecule has 8 heteroatoms. The first-order valence-corrected chi connectivity index (χ1v) is 12.8. The zero-order chi connectivity index (χ0) is 22.2. The topological polar surface area (TPSA) is 80.2 Å². The molecule has 0 unspecified atom stereocenters. The molecule has 0 radical (unpaired) electrons. The molecule has 0 fully saturated rings. The Morgan fingerprint density at radius 2 is 2.06 bits per heavy atom. The summed E-state index contributed by atoms with van der Waals surface area (Å²) in [5.41, 5.74) is 4.82. The van der Waals surface area contributed by atoms with E-state index in [1.807, 2.05) is 4.57 Å². The van der Waals surface area contributed by atoms with Gasteiger partial charge in [0.25, 0.3) is 0 Å². The Kier molecular flexibility index (Phi) is 6.23. The maximum atomic E-state index is 12.3. The van der Waals surface area contributed by atoms with Crippen LogP contribution in [0.1, 0.15) is 43.3 Å². The Labute approximate surface area is 184 Å². The SMILES string of the molecule is COCCCn1c(CN2CCc3c([nH]c4ccccc34)[C@H]2C(C)C)cnc1S(C)(=O)=O. The lowest BCUT2D eigenvalue weighted by Gasteiger charge is -2.38. The highest BCUT2D eigenvalue weighted by Crippen LogP contribution is 2.39. The highest BCUT2D eigenvalue weighted by Gasteiger charge is 2.33. The maximum absolute atomic E-state index is 12.3. The molecule has 1 N–H and O–H groups in total. The zero-order valence-corrected chi connectivity index (χ0v) is 19.6. The quantitative estimate of drug-likeness (QED) is 0.538. The van der Waals surface area contributed by atoms with E-state index in [1.54, 1.807) is 13.3 Å². The molecule has 0 spiro atoms. The van der Waals surface area contributed by atoms with Gasteiger partial charge in [0.15, 0.2) is 0 Å². The summed E-state index contributed by atoms with van der Waals surface area (Å²) in [6.07, 6.45) is 4.66. The molecule has 1 atom stereocenters. The number of rotatable bonds is 8. The van der Waals surface area contributed by atoms with E-state index in [-0.39, 0.29) is 11.2 Å². The fourth-order valence-electron chi connectivity index (χ4n) is 4.88. The Morgan fingerprint density at radius 3 is 2.77 bits per heavy atom. The normalized spacial score (nSPS) is 17.5. The number of fused-ring (bicyclic) bond motifs is 3. The number of hydrogen-bond acceptors (Lipinski definition) is 5. The van der Waals surface area contributed by atoms with Gasteiger partial charge in [-0.25, -0.2) is 13.4 Å². The first kappa shape index (κ1) is 22.0. The van der Waals surface area contributed by atoms with Crippen LogP contribution in [0.4, 0.5) is 0 Å². The van der Waals surface area contributed by atoms with Crippen molar-refractivity contribution in [3.63, 3.8) is 0 Å². The van der Waals surface area contributed by atoms with Gasteiger partial charge in [-0.3, -0.25) is 4.90 Å². The summed E-state index contributed by atoms with van der Waals surface area (Å²) in [4.78, 5) is 10.4. The van der Waals surface area contributed by atoms with Gasteiger partial charge in [0.1, 0.15) is 0 Å². The van der Waals surface area contributed by atoms with Crippen molar-refractivity contribution in [1.29, 1.82) is 0 Å². The van der Waals surface area contributed by atoms with Crippen LogP contribution >= 0.6 is 0 Å². The van der Waals surface area contributed by atoms with Gasteiger partial charge in [-0.1, -0.05) is 32.0 Å². The minimum Gasteiger partial charge on any atom is -0.385 e. The van der Waals surface area contributed by atoms with Gasteiger partial charge >= 0.3 is 0 Å². The van der Waals surface area contributed by atoms with Crippen molar-refractivity contribution < 1.29 is 13.2 Å². The molecule has 0 bridgehead atoms. The van der Waals surface area contributed by atoms with Crippen molar-refractivity contribution in [1.82, 2.24) is 19.4 Å². The predicted octanol–water partition coefficient (Wildman–Crippen LogP) is 3.56. The predicted molar refractivity (Wildman–Crippen MR) is 122 cm³/mol. The number of methoxy groups -OCH3 is 1. The van der Waals surface area contributed by atoms with Crippen LogP contribution in [0.25, 0.3) is 10.9 Å². The molecule has 3 aromatic rings. The Morgan fingerprint density at radius 1 is 1.29 bits per heavy atom. The summed E-state index contributed by atoms with van der Waals surface area (Å²) in [7, 11) is -1.74. The van der Waals surface area contributed by atoms with Crippen LogP contribution in [0.5, 0.6) is 0 Å². The number of sulfone groups is 1. The summed E-state index contributed by atoms with van der Waals surface area (Å²) in [5.74, 6) is 0.409. The molecular weight excluding hydrogens is 412 g/mol. The third-order valence-corrected chi connectivity index (χ3v) is 7.13. The Bertz CT molecular complexity index is 1160. The van der Waals surface area contributed by atoms with Crippen molar-refractivity contribution >= 4 is 20.7 Å². The van der Waals surface area contributed by atoms with E-state index in [2.05, 4.69) is 53.0 Å². The molecule has 2 aromatic heterocycles. The molecule has 0 saturated heterocycles. The third-order valence-electron chi connectivity index (χ3n) is 6.14. The Balaban J connectivity index is 1.68. The second-order valence-electron chi connectivity index (χ2n) is 8.77. The number of ether oxygens (including phenoxy) is 1. The molecule has 0 saturated carbocycles. The Hall–Kier alpha value is -2.16. The van der Waals surface area contributed by atoms with Crippen LogP contribution in [0.2, 0.25) is 0 Å². The van der Waals surface area contributed by atoms with E-state index in [4.69, 9.17) is 4.74 Å². The average Bonchev–Trinajstić information content (AvgIpc) is 3.29. The van der Waals surface area contributed by atoms with E-state index >= 15 is 0 Å². The molecule has 1 aliphatic heterocycles. The number of para-hydroxylation sites is 1. The van der Waals surface area contributed by atoms with Crippen LogP contribution in [-0.4, -0.2) is 54.4 Å². The number of aromatic nitrogens is 3. The molecule has 31 heavy (non-hydrogen) atoms. The highest BCUT2D eigenvalue weighted by molar-refractivity contribution is 7.90. The smallest absolute Gasteiger partial charge is 0.227 e. The molecular formula is C23H32N4O3S. The number of benzene rings is 1. The van der Waals surface area contributed by atoms with Gasteiger partial charge in [-0.2, -0.15) is 0 Å². The van der Waals surface area contributed by atoms with Gasteiger partial charge in [0.2, 0.25) is 15.0 Å². The van der Waals surface area contributed by atoms with E-state index in [0.717, 1.165) is 25.1 Å². The van der Waals surface area contributed by atoms with E-state index in [1.165, 1.54) is 28.4 Å². The summed E-state index contributed by atoms with van der Waals surface area (Å²) in [5, 5.41) is 1.45.